The van der Waals surface area contributed by atoms with E-state index in [-0.39, 0.29) is 11.3 Å². The smallest absolute Gasteiger partial charge is 0.288 e. The molecule has 0 amide bonds. The van der Waals surface area contributed by atoms with E-state index in [0.717, 1.165) is 0 Å². The molecule has 0 saturated carbocycles. The van der Waals surface area contributed by atoms with E-state index in [1.165, 1.54) is 0 Å². The highest BCUT2D eigenvalue weighted by molar-refractivity contribution is 7.13. The summed E-state index contributed by atoms with van der Waals surface area (Å²) in [6.45, 7) is 0. The summed E-state index contributed by atoms with van der Waals surface area (Å²) in [5, 5.41) is -1.29. The first-order chi connectivity index (χ1) is 9.21. The summed E-state index contributed by atoms with van der Waals surface area (Å²) in [4.78, 5) is 14.2. The van der Waals surface area contributed by atoms with Gasteiger partial charge in [0.15, 0.2) is 22.5 Å². The van der Waals surface area contributed by atoms with Gasteiger partial charge >= 0.3 is 6.18 Å². The van der Waals surface area contributed by atoms with E-state index >= 15 is 0 Å². The van der Waals surface area contributed by atoms with Crippen LogP contribution in [0.5, 0.6) is 0 Å². The largest absolute Gasteiger partial charge is 0.443 e. The quantitative estimate of drug-likeness (QED) is 0.479. The van der Waals surface area contributed by atoms with Crippen LogP contribution in [0, 0.1) is 17.5 Å². The molecule has 0 aliphatic rings. The molecule has 1 aromatic carbocycles. The topological polar surface area (TPSA) is 30.0 Å². The Morgan fingerprint density at radius 2 is 1.75 bits per heavy atom. The van der Waals surface area contributed by atoms with Crippen LogP contribution in [0.1, 0.15) is 20.2 Å². The average molecular weight is 311 g/mol. The lowest BCUT2D eigenvalue weighted by atomic mass is 10.1. The van der Waals surface area contributed by atoms with Crippen molar-refractivity contribution in [2.24, 2.45) is 0 Å². The zero-order valence-electron chi connectivity index (χ0n) is 9.26. The first kappa shape index (κ1) is 14.5. The predicted molar refractivity (Wildman–Crippen MR) is 56.9 cm³/mol. The minimum atomic E-state index is -4.74. The third-order valence-corrected chi connectivity index (χ3v) is 3.29. The molecule has 0 unspecified atom stereocenters. The lowest BCUT2D eigenvalue weighted by Crippen LogP contribution is -2.06. The summed E-state index contributed by atoms with van der Waals surface area (Å²) in [6.07, 6.45) is -4.13. The Labute approximate surface area is 111 Å². The maximum absolute atomic E-state index is 13.4. The monoisotopic (exact) mass is 311 g/mol. The van der Waals surface area contributed by atoms with Crippen molar-refractivity contribution in [3.63, 3.8) is 0 Å². The van der Waals surface area contributed by atoms with Gasteiger partial charge in [-0.1, -0.05) is 0 Å². The Kier molecular flexibility index (Phi) is 3.55. The van der Waals surface area contributed by atoms with E-state index in [1.54, 1.807) is 0 Å². The van der Waals surface area contributed by atoms with Crippen molar-refractivity contribution in [1.29, 1.82) is 0 Å². The fourth-order valence-corrected chi connectivity index (χ4v) is 2.08. The molecule has 0 saturated heterocycles. The van der Waals surface area contributed by atoms with Crippen molar-refractivity contribution < 1.29 is 31.1 Å². The lowest BCUT2D eigenvalue weighted by molar-refractivity contribution is -0.137. The van der Waals surface area contributed by atoms with Gasteiger partial charge in [-0.2, -0.15) is 13.2 Å². The number of aromatic nitrogens is 1. The SMILES string of the molecule is O=C(c1cnc(C(F)(F)F)s1)c1ccc(F)c(F)c1F. The summed E-state index contributed by atoms with van der Waals surface area (Å²) in [7, 11) is 0. The predicted octanol–water partition coefficient (Wildman–Crippen LogP) is 3.81. The number of thiazole rings is 1. The number of benzene rings is 1. The molecular weight excluding hydrogens is 308 g/mol. The van der Waals surface area contributed by atoms with Crippen LogP contribution in [0.2, 0.25) is 0 Å². The first-order valence-corrected chi connectivity index (χ1v) is 5.74. The zero-order chi connectivity index (χ0) is 15.1. The van der Waals surface area contributed by atoms with Gasteiger partial charge in [0.2, 0.25) is 5.78 Å². The Bertz CT molecular complexity index is 678. The molecule has 9 heteroatoms. The fourth-order valence-electron chi connectivity index (χ4n) is 1.34. The number of ketones is 1. The van der Waals surface area contributed by atoms with Gasteiger partial charge in [-0.25, -0.2) is 18.2 Å². The van der Waals surface area contributed by atoms with Crippen molar-refractivity contribution in [2.75, 3.05) is 0 Å². The average Bonchev–Trinajstić information content (AvgIpc) is 2.85. The van der Waals surface area contributed by atoms with E-state index in [9.17, 15) is 31.1 Å². The maximum Gasteiger partial charge on any atom is 0.443 e. The number of hydrogen-bond donors (Lipinski definition) is 0. The molecular formula is C11H3F6NOS. The Hall–Kier alpha value is -1.90. The van der Waals surface area contributed by atoms with E-state index in [0.29, 0.717) is 18.3 Å². The molecule has 0 bridgehead atoms. The second kappa shape index (κ2) is 4.89. The first-order valence-electron chi connectivity index (χ1n) is 4.93. The summed E-state index contributed by atoms with van der Waals surface area (Å²) in [5.74, 6) is -6.32. The molecule has 2 nitrogen and oxygen atoms in total. The number of halogens is 6. The summed E-state index contributed by atoms with van der Waals surface area (Å²) in [5.41, 5.74) is -0.860. The van der Waals surface area contributed by atoms with Crippen molar-refractivity contribution in [3.05, 3.63) is 51.2 Å². The third kappa shape index (κ3) is 2.53. The summed E-state index contributed by atoms with van der Waals surface area (Å²) in [6, 6.07) is 1.17. The van der Waals surface area contributed by atoms with Gasteiger partial charge in [0, 0.05) is 6.20 Å². The standard InChI is InChI=1S/C11H3F6NOS/c12-5-2-1-4(7(13)8(5)14)9(19)6-3-18-10(20-6)11(15,16)17/h1-3H. The van der Waals surface area contributed by atoms with Crippen molar-refractivity contribution in [2.45, 2.75) is 6.18 Å². The van der Waals surface area contributed by atoms with Crippen LogP contribution in [-0.2, 0) is 6.18 Å². The Morgan fingerprint density at radius 1 is 1.10 bits per heavy atom. The van der Waals surface area contributed by atoms with E-state index < -0.39 is 44.9 Å². The molecule has 0 spiro atoms. The molecule has 0 aliphatic carbocycles. The number of nitrogens with zero attached hydrogens (tertiary/aromatic N) is 1. The molecule has 0 radical (unpaired) electrons. The highest BCUT2D eigenvalue weighted by Crippen LogP contribution is 2.33. The molecule has 0 N–H and O–H groups in total. The van der Waals surface area contributed by atoms with Gasteiger partial charge in [-0.3, -0.25) is 4.79 Å². The van der Waals surface area contributed by atoms with Crippen LogP contribution in [0.3, 0.4) is 0 Å². The van der Waals surface area contributed by atoms with Crippen molar-refractivity contribution in [3.8, 4) is 0 Å². The van der Waals surface area contributed by atoms with Gasteiger partial charge in [0.1, 0.15) is 0 Å². The molecule has 0 atom stereocenters. The molecule has 106 valence electrons. The van der Waals surface area contributed by atoms with Crippen molar-refractivity contribution >= 4 is 17.1 Å². The number of carbonyl (C=O) groups excluding carboxylic acids is 1. The molecule has 0 fully saturated rings. The van der Waals surface area contributed by atoms with Crippen LogP contribution in [-0.4, -0.2) is 10.8 Å². The van der Waals surface area contributed by atoms with Gasteiger partial charge in [0.05, 0.1) is 10.4 Å². The molecule has 1 aromatic heterocycles. The van der Waals surface area contributed by atoms with Crippen LogP contribution in [0.4, 0.5) is 26.3 Å². The number of alkyl halides is 3. The molecule has 0 aliphatic heterocycles. The molecule has 2 rings (SSSR count). The number of carbonyl (C=O) groups is 1. The van der Waals surface area contributed by atoms with Gasteiger partial charge in [-0.05, 0) is 12.1 Å². The Balaban J connectivity index is 2.42. The second-order valence-electron chi connectivity index (χ2n) is 3.58. The third-order valence-electron chi connectivity index (χ3n) is 2.25. The number of hydrogen-bond acceptors (Lipinski definition) is 3. The maximum atomic E-state index is 13.4. The molecule has 20 heavy (non-hydrogen) atoms. The highest BCUT2D eigenvalue weighted by Gasteiger charge is 2.35. The minimum absolute atomic E-state index is 0.00700. The van der Waals surface area contributed by atoms with Gasteiger partial charge in [0.25, 0.3) is 0 Å². The number of rotatable bonds is 2. The fraction of sp³-hybridized carbons (Fsp3) is 0.0909. The van der Waals surface area contributed by atoms with E-state index in [2.05, 4.69) is 4.98 Å². The van der Waals surface area contributed by atoms with Gasteiger partial charge in [-0.15, -0.1) is 11.3 Å². The lowest BCUT2D eigenvalue weighted by Gasteiger charge is -2.02. The second-order valence-corrected chi connectivity index (χ2v) is 4.61. The normalized spacial score (nSPS) is 11.7. The molecule has 2 aromatic rings. The Morgan fingerprint density at radius 3 is 2.30 bits per heavy atom. The van der Waals surface area contributed by atoms with Crippen molar-refractivity contribution in [1.82, 2.24) is 4.98 Å². The van der Waals surface area contributed by atoms with E-state index in [4.69, 9.17) is 0 Å². The van der Waals surface area contributed by atoms with Gasteiger partial charge < -0.3 is 0 Å². The van der Waals surface area contributed by atoms with Crippen LogP contribution >= 0.6 is 11.3 Å². The molecule has 1 heterocycles. The highest BCUT2D eigenvalue weighted by atomic mass is 32.1. The van der Waals surface area contributed by atoms with Crippen LogP contribution in [0.15, 0.2) is 18.3 Å². The van der Waals surface area contributed by atoms with Crippen LogP contribution in [0.25, 0.3) is 0 Å². The summed E-state index contributed by atoms with van der Waals surface area (Å²) >= 11 is -0.00700. The van der Waals surface area contributed by atoms with E-state index in [1.807, 2.05) is 0 Å². The summed E-state index contributed by atoms with van der Waals surface area (Å²) < 4.78 is 76.0. The van der Waals surface area contributed by atoms with Crippen LogP contribution < -0.4 is 0 Å². The minimum Gasteiger partial charge on any atom is -0.288 e. The zero-order valence-corrected chi connectivity index (χ0v) is 10.1.